The number of ether oxygens (including phenoxy) is 1. The van der Waals surface area contributed by atoms with Crippen molar-refractivity contribution in [3.63, 3.8) is 0 Å². The molecule has 0 bridgehead atoms. The number of amides is 2. The van der Waals surface area contributed by atoms with Crippen LogP contribution in [0, 0.1) is 0 Å². The Kier molecular flexibility index (Phi) is 10.1. The van der Waals surface area contributed by atoms with Gasteiger partial charge in [-0.05, 0) is 38.2 Å². The Balaban J connectivity index is 1.67. The molecule has 0 fully saturated rings. The Bertz CT molecular complexity index is 750. The summed E-state index contributed by atoms with van der Waals surface area (Å²) in [7, 11) is 3.94. The first-order chi connectivity index (χ1) is 14.5. The molecule has 1 heterocycles. The first kappa shape index (κ1) is 23.6. The van der Waals surface area contributed by atoms with E-state index in [9.17, 15) is 15.0 Å². The van der Waals surface area contributed by atoms with Crippen molar-refractivity contribution in [1.82, 2.24) is 30.5 Å². The number of aromatic nitrogens is 3. The highest BCUT2D eigenvalue weighted by molar-refractivity contribution is 5.73. The molecule has 166 valence electrons. The molecule has 0 unspecified atom stereocenters. The lowest BCUT2D eigenvalue weighted by molar-refractivity contribution is -0.374. The zero-order valence-corrected chi connectivity index (χ0v) is 17.6. The minimum absolute atomic E-state index is 0.129. The van der Waals surface area contributed by atoms with E-state index in [0.29, 0.717) is 32.7 Å². The Morgan fingerprint density at radius 1 is 1.27 bits per heavy atom. The normalized spacial score (nSPS) is 12.1. The molecule has 0 radical (unpaired) electrons. The molecule has 0 aliphatic rings. The predicted octanol–water partition coefficient (Wildman–Crippen LogP) is -0.625. The van der Waals surface area contributed by atoms with E-state index >= 15 is 0 Å². The molecule has 3 N–H and O–H groups in total. The molecule has 1 aromatic carbocycles. The van der Waals surface area contributed by atoms with Crippen molar-refractivity contribution in [2.45, 2.75) is 25.4 Å². The molecule has 0 spiro atoms. The summed E-state index contributed by atoms with van der Waals surface area (Å²) in [5, 5.41) is 33.5. The quantitative estimate of drug-likeness (QED) is 0.369. The minimum atomic E-state index is -0.248. The number of benzene rings is 1. The van der Waals surface area contributed by atoms with Gasteiger partial charge in [-0.2, -0.15) is 0 Å². The number of hydrogen-bond donors (Lipinski definition) is 3. The zero-order valence-electron chi connectivity index (χ0n) is 17.6. The monoisotopic (exact) mass is 419 g/mol. The van der Waals surface area contributed by atoms with E-state index in [0.717, 1.165) is 17.7 Å². The maximum Gasteiger partial charge on any atom is 0.314 e. The zero-order chi connectivity index (χ0) is 21.8. The molecule has 2 aromatic rings. The van der Waals surface area contributed by atoms with Gasteiger partial charge in [0.2, 0.25) is 0 Å². The first-order valence-corrected chi connectivity index (χ1v) is 9.99. The van der Waals surface area contributed by atoms with Crippen LogP contribution in [-0.2, 0) is 24.1 Å². The molecule has 10 nitrogen and oxygen atoms in total. The van der Waals surface area contributed by atoms with E-state index in [1.165, 1.54) is 0 Å². The summed E-state index contributed by atoms with van der Waals surface area (Å²) in [5.41, 5.74) is 1.87. The van der Waals surface area contributed by atoms with Crippen molar-refractivity contribution in [3.8, 4) is 5.75 Å². The molecule has 2 amide bonds. The highest BCUT2D eigenvalue weighted by atomic mass is 16.5. The SMILES string of the molecule is CN(C)[C@H](CNC(=O)NCCc1cn(CCOCC[O-])nn1)Cc1ccc(O)cc1. The molecule has 0 aliphatic carbocycles. The standard InChI is InChI=1S/C20H31N6O4/c1-25(2)18(13-16-3-5-19(28)6-4-16)14-22-20(29)21-8-7-17-15-26(24-23-17)9-11-30-12-10-27/h3-6,15,18,28H,7-14H2,1-2H3,(H2,21,22,29)/q-1/t18-/m0/s1. The van der Waals surface area contributed by atoms with Crippen molar-refractivity contribution in [2.75, 3.05) is 47.0 Å². The average molecular weight is 420 g/mol. The lowest BCUT2D eigenvalue weighted by Gasteiger charge is -2.25. The Morgan fingerprint density at radius 3 is 2.73 bits per heavy atom. The summed E-state index contributed by atoms with van der Waals surface area (Å²) in [6, 6.07) is 7.00. The number of aromatic hydroxyl groups is 1. The molecular weight excluding hydrogens is 388 g/mol. The van der Waals surface area contributed by atoms with Crippen molar-refractivity contribution in [3.05, 3.63) is 41.7 Å². The van der Waals surface area contributed by atoms with Crippen LogP contribution in [0.25, 0.3) is 0 Å². The second-order valence-electron chi connectivity index (χ2n) is 7.16. The maximum atomic E-state index is 12.1. The molecule has 10 heteroatoms. The fraction of sp³-hybridized carbons (Fsp3) is 0.550. The van der Waals surface area contributed by atoms with Gasteiger partial charge in [-0.3, -0.25) is 0 Å². The lowest BCUT2D eigenvalue weighted by Crippen LogP contribution is -2.45. The van der Waals surface area contributed by atoms with Crippen molar-refractivity contribution >= 4 is 6.03 Å². The fourth-order valence-corrected chi connectivity index (χ4v) is 2.80. The van der Waals surface area contributed by atoms with Crippen LogP contribution in [0.15, 0.2) is 30.5 Å². The van der Waals surface area contributed by atoms with Gasteiger partial charge in [0.25, 0.3) is 0 Å². The van der Waals surface area contributed by atoms with E-state index in [2.05, 4.69) is 25.8 Å². The summed E-state index contributed by atoms with van der Waals surface area (Å²) in [6.45, 7) is 1.85. The fourth-order valence-electron chi connectivity index (χ4n) is 2.80. The highest BCUT2D eigenvalue weighted by Crippen LogP contribution is 2.12. The predicted molar refractivity (Wildman–Crippen MR) is 110 cm³/mol. The van der Waals surface area contributed by atoms with Crippen molar-refractivity contribution in [1.29, 1.82) is 0 Å². The van der Waals surface area contributed by atoms with Crippen LogP contribution >= 0.6 is 0 Å². The number of phenols is 1. The number of likely N-dealkylation sites (N-methyl/N-ethyl adjacent to an activating group) is 1. The van der Waals surface area contributed by atoms with E-state index in [4.69, 9.17) is 4.74 Å². The van der Waals surface area contributed by atoms with Crippen LogP contribution in [0.2, 0.25) is 0 Å². The largest absolute Gasteiger partial charge is 0.853 e. The van der Waals surface area contributed by atoms with Gasteiger partial charge in [0.1, 0.15) is 5.75 Å². The lowest BCUT2D eigenvalue weighted by atomic mass is 10.1. The van der Waals surface area contributed by atoms with Crippen LogP contribution in [0.5, 0.6) is 5.75 Å². The van der Waals surface area contributed by atoms with Gasteiger partial charge in [0, 0.05) is 38.4 Å². The van der Waals surface area contributed by atoms with E-state index < -0.39 is 0 Å². The topological polar surface area (TPSA) is 128 Å². The van der Waals surface area contributed by atoms with E-state index in [1.54, 1.807) is 23.0 Å². The van der Waals surface area contributed by atoms with Crippen LogP contribution in [0.3, 0.4) is 0 Å². The summed E-state index contributed by atoms with van der Waals surface area (Å²) >= 11 is 0. The number of nitrogens with one attached hydrogen (secondary N) is 2. The maximum absolute atomic E-state index is 12.1. The summed E-state index contributed by atoms with van der Waals surface area (Å²) < 4.78 is 6.79. The van der Waals surface area contributed by atoms with Gasteiger partial charge in [0.15, 0.2) is 0 Å². The number of nitrogens with zero attached hydrogens (tertiary/aromatic N) is 4. The van der Waals surface area contributed by atoms with Gasteiger partial charge >= 0.3 is 6.03 Å². The summed E-state index contributed by atoms with van der Waals surface area (Å²) in [5.74, 6) is 0.241. The van der Waals surface area contributed by atoms with Gasteiger partial charge in [-0.15, -0.1) is 11.7 Å². The smallest absolute Gasteiger partial charge is 0.314 e. The molecule has 0 aliphatic heterocycles. The average Bonchev–Trinajstić information content (AvgIpc) is 3.17. The minimum Gasteiger partial charge on any atom is -0.853 e. The van der Waals surface area contributed by atoms with E-state index in [1.807, 2.05) is 26.2 Å². The van der Waals surface area contributed by atoms with Gasteiger partial charge in [0.05, 0.1) is 18.8 Å². The Labute approximate surface area is 176 Å². The van der Waals surface area contributed by atoms with Crippen LogP contribution in [0.4, 0.5) is 4.79 Å². The van der Waals surface area contributed by atoms with E-state index in [-0.39, 0.29) is 31.0 Å². The van der Waals surface area contributed by atoms with Crippen molar-refractivity contribution in [2.24, 2.45) is 0 Å². The number of carbonyl (C=O) groups excluding carboxylic acids is 1. The molecule has 1 atom stereocenters. The van der Waals surface area contributed by atoms with Crippen LogP contribution in [0.1, 0.15) is 11.3 Å². The van der Waals surface area contributed by atoms with Crippen LogP contribution in [-0.4, -0.2) is 84.1 Å². The first-order valence-electron chi connectivity index (χ1n) is 9.99. The Hall–Kier alpha value is -2.69. The number of phenolic OH excluding ortho intramolecular Hbond substituents is 1. The second kappa shape index (κ2) is 12.8. The Morgan fingerprint density at radius 2 is 2.03 bits per heavy atom. The third-order valence-electron chi connectivity index (χ3n) is 4.58. The van der Waals surface area contributed by atoms with Crippen molar-refractivity contribution < 1.29 is 19.7 Å². The van der Waals surface area contributed by atoms with Gasteiger partial charge < -0.3 is 30.5 Å². The number of hydrogen-bond acceptors (Lipinski definition) is 7. The molecule has 1 aromatic heterocycles. The third kappa shape index (κ3) is 8.76. The number of rotatable bonds is 13. The van der Waals surface area contributed by atoms with Crippen LogP contribution < -0.4 is 15.7 Å². The summed E-state index contributed by atoms with van der Waals surface area (Å²) in [4.78, 5) is 14.2. The molecule has 0 saturated heterocycles. The molecule has 30 heavy (non-hydrogen) atoms. The molecule has 0 saturated carbocycles. The molecule has 2 rings (SSSR count). The summed E-state index contributed by atoms with van der Waals surface area (Å²) in [6.07, 6.45) is 3.13. The number of urea groups is 1. The second-order valence-corrected chi connectivity index (χ2v) is 7.16. The van der Waals surface area contributed by atoms with Gasteiger partial charge in [-0.25, -0.2) is 9.48 Å². The molecular formula is C20H31N6O4-. The highest BCUT2D eigenvalue weighted by Gasteiger charge is 2.14. The number of carbonyl (C=O) groups is 1. The van der Waals surface area contributed by atoms with Gasteiger partial charge in [-0.1, -0.05) is 17.3 Å². The third-order valence-corrected chi connectivity index (χ3v) is 4.58.